The lowest BCUT2D eigenvalue weighted by Gasteiger charge is -2.09. The van der Waals surface area contributed by atoms with Crippen LogP contribution in [0.4, 0.5) is 0 Å². The molecular weight excluding hydrogens is 220 g/mol. The van der Waals surface area contributed by atoms with Crippen LogP contribution in [-0.4, -0.2) is 19.0 Å². The highest BCUT2D eigenvalue weighted by atomic mass is 32.2. The molecule has 2 nitrogen and oxygen atoms in total. The molecule has 3 heteroatoms. The highest BCUT2D eigenvalue weighted by Crippen LogP contribution is 2.34. The van der Waals surface area contributed by atoms with E-state index in [9.17, 15) is 0 Å². The smallest absolute Gasteiger partial charge is 0.162 e. The first-order valence-corrected chi connectivity index (χ1v) is 6.76. The van der Waals surface area contributed by atoms with Gasteiger partial charge in [0, 0.05) is 17.1 Å². The van der Waals surface area contributed by atoms with E-state index in [1.807, 2.05) is 17.8 Å². The molecule has 0 amide bonds. The molecule has 0 aliphatic carbocycles. The highest BCUT2D eigenvalue weighted by Gasteiger charge is 2.10. The van der Waals surface area contributed by atoms with E-state index in [1.165, 1.54) is 4.90 Å². The third-order valence-electron chi connectivity index (χ3n) is 2.30. The Hall–Kier alpha value is -0.830. The van der Waals surface area contributed by atoms with Gasteiger partial charge in [-0.3, -0.25) is 0 Å². The van der Waals surface area contributed by atoms with Crippen LogP contribution in [0.5, 0.6) is 11.5 Å². The maximum atomic E-state index is 5.66. The first kappa shape index (κ1) is 11.6. The summed E-state index contributed by atoms with van der Waals surface area (Å²) in [6.45, 7) is 5.98. The average Bonchev–Trinajstić information content (AvgIpc) is 2.50. The third-order valence-corrected chi connectivity index (χ3v) is 3.72. The summed E-state index contributed by atoms with van der Waals surface area (Å²) in [6.07, 6.45) is 0.961. The van der Waals surface area contributed by atoms with Crippen molar-refractivity contribution >= 4 is 11.8 Å². The second-order valence-electron chi connectivity index (χ2n) is 4.36. The standard InChI is InChI=1S/C13H18O2S/c1-10(2)9-16-11-4-5-12-13(8-11)15-7-3-6-14-12/h4-5,8,10H,3,6-7,9H2,1-2H3. The van der Waals surface area contributed by atoms with Crippen molar-refractivity contribution in [3.8, 4) is 11.5 Å². The Labute approximate surface area is 101 Å². The van der Waals surface area contributed by atoms with Gasteiger partial charge in [-0.15, -0.1) is 11.8 Å². The SMILES string of the molecule is CC(C)CSc1ccc2c(c1)OCCCO2. The second kappa shape index (κ2) is 5.48. The Balaban J connectivity index is 2.08. The summed E-state index contributed by atoms with van der Waals surface area (Å²) >= 11 is 1.87. The lowest BCUT2D eigenvalue weighted by Crippen LogP contribution is -1.97. The monoisotopic (exact) mass is 238 g/mol. The van der Waals surface area contributed by atoms with Gasteiger partial charge < -0.3 is 9.47 Å². The van der Waals surface area contributed by atoms with Gasteiger partial charge in [0.15, 0.2) is 11.5 Å². The molecule has 1 aromatic rings. The lowest BCUT2D eigenvalue weighted by molar-refractivity contribution is 0.297. The van der Waals surface area contributed by atoms with Gasteiger partial charge >= 0.3 is 0 Å². The molecule has 0 atom stereocenters. The topological polar surface area (TPSA) is 18.5 Å². The molecule has 0 spiro atoms. The summed E-state index contributed by atoms with van der Waals surface area (Å²) in [5.41, 5.74) is 0. The van der Waals surface area contributed by atoms with E-state index in [1.54, 1.807) is 0 Å². The third kappa shape index (κ3) is 3.08. The van der Waals surface area contributed by atoms with Crippen molar-refractivity contribution in [1.29, 1.82) is 0 Å². The number of ether oxygens (including phenoxy) is 2. The van der Waals surface area contributed by atoms with Crippen LogP contribution in [0.25, 0.3) is 0 Å². The minimum Gasteiger partial charge on any atom is -0.490 e. The van der Waals surface area contributed by atoms with Crippen LogP contribution in [0.1, 0.15) is 20.3 Å². The maximum Gasteiger partial charge on any atom is 0.162 e. The Bertz CT molecular complexity index is 350. The zero-order valence-corrected chi connectivity index (χ0v) is 10.7. The van der Waals surface area contributed by atoms with Gasteiger partial charge in [0.2, 0.25) is 0 Å². The molecule has 0 aromatic heterocycles. The Morgan fingerprint density at radius 2 is 1.94 bits per heavy atom. The predicted molar refractivity (Wildman–Crippen MR) is 67.6 cm³/mol. The van der Waals surface area contributed by atoms with Crippen LogP contribution in [0.2, 0.25) is 0 Å². The minimum atomic E-state index is 0.709. The van der Waals surface area contributed by atoms with Crippen LogP contribution >= 0.6 is 11.8 Å². The van der Waals surface area contributed by atoms with Gasteiger partial charge in [-0.2, -0.15) is 0 Å². The molecule has 1 heterocycles. The molecular formula is C13H18O2S. The molecule has 88 valence electrons. The molecule has 0 bridgehead atoms. The van der Waals surface area contributed by atoms with Crippen LogP contribution < -0.4 is 9.47 Å². The second-order valence-corrected chi connectivity index (χ2v) is 5.46. The van der Waals surface area contributed by atoms with Gasteiger partial charge in [-0.1, -0.05) is 13.8 Å². The van der Waals surface area contributed by atoms with Crippen LogP contribution in [0, 0.1) is 5.92 Å². The molecule has 0 fully saturated rings. The van der Waals surface area contributed by atoms with Crippen molar-refractivity contribution in [3.05, 3.63) is 18.2 Å². The van der Waals surface area contributed by atoms with Crippen LogP contribution in [0.3, 0.4) is 0 Å². The summed E-state index contributed by atoms with van der Waals surface area (Å²) in [5.74, 6) is 3.62. The lowest BCUT2D eigenvalue weighted by atomic mass is 10.3. The molecule has 2 rings (SSSR count). The van der Waals surface area contributed by atoms with Gasteiger partial charge in [0.05, 0.1) is 13.2 Å². The van der Waals surface area contributed by atoms with Gasteiger partial charge in [0.1, 0.15) is 0 Å². The molecule has 0 saturated heterocycles. The van der Waals surface area contributed by atoms with Crippen LogP contribution in [-0.2, 0) is 0 Å². The van der Waals surface area contributed by atoms with Crippen molar-refractivity contribution in [2.24, 2.45) is 5.92 Å². The summed E-state index contributed by atoms with van der Waals surface area (Å²) in [7, 11) is 0. The molecule has 16 heavy (non-hydrogen) atoms. The Morgan fingerprint density at radius 3 is 2.69 bits per heavy atom. The van der Waals surface area contributed by atoms with Crippen molar-refractivity contribution in [2.45, 2.75) is 25.2 Å². The fraction of sp³-hybridized carbons (Fsp3) is 0.538. The van der Waals surface area contributed by atoms with E-state index in [0.717, 1.165) is 36.9 Å². The zero-order valence-electron chi connectivity index (χ0n) is 9.86. The Morgan fingerprint density at radius 1 is 1.19 bits per heavy atom. The van der Waals surface area contributed by atoms with E-state index in [-0.39, 0.29) is 0 Å². The number of fused-ring (bicyclic) bond motifs is 1. The molecule has 0 N–H and O–H groups in total. The summed E-state index contributed by atoms with van der Waals surface area (Å²) < 4.78 is 11.3. The molecule has 0 unspecified atom stereocenters. The number of rotatable bonds is 3. The molecule has 1 aromatic carbocycles. The van der Waals surface area contributed by atoms with Crippen molar-refractivity contribution in [1.82, 2.24) is 0 Å². The van der Waals surface area contributed by atoms with Gasteiger partial charge in [-0.25, -0.2) is 0 Å². The fourth-order valence-corrected chi connectivity index (χ4v) is 2.38. The summed E-state index contributed by atoms with van der Waals surface area (Å²) in [6, 6.07) is 6.22. The zero-order chi connectivity index (χ0) is 11.4. The maximum absolute atomic E-state index is 5.66. The van der Waals surface area contributed by atoms with Crippen molar-refractivity contribution in [2.75, 3.05) is 19.0 Å². The fourth-order valence-electron chi connectivity index (χ4n) is 1.50. The number of hydrogen-bond donors (Lipinski definition) is 0. The summed E-state index contributed by atoms with van der Waals surface area (Å²) in [4.78, 5) is 1.26. The van der Waals surface area contributed by atoms with Gasteiger partial charge in [0.25, 0.3) is 0 Å². The van der Waals surface area contributed by atoms with E-state index < -0.39 is 0 Å². The Kier molecular flexibility index (Phi) is 3.99. The predicted octanol–water partition coefficient (Wildman–Crippen LogP) is 3.60. The molecule has 0 saturated carbocycles. The minimum absolute atomic E-state index is 0.709. The van der Waals surface area contributed by atoms with Gasteiger partial charge in [-0.05, 0) is 24.1 Å². The molecule has 1 aliphatic heterocycles. The van der Waals surface area contributed by atoms with Crippen molar-refractivity contribution < 1.29 is 9.47 Å². The normalized spacial score (nSPS) is 14.9. The first-order chi connectivity index (χ1) is 7.75. The summed E-state index contributed by atoms with van der Waals surface area (Å²) in [5, 5.41) is 0. The molecule has 1 aliphatic rings. The number of benzene rings is 1. The van der Waals surface area contributed by atoms with E-state index >= 15 is 0 Å². The highest BCUT2D eigenvalue weighted by molar-refractivity contribution is 7.99. The number of thioether (sulfide) groups is 1. The van der Waals surface area contributed by atoms with E-state index in [0.29, 0.717) is 5.92 Å². The van der Waals surface area contributed by atoms with E-state index in [4.69, 9.17) is 9.47 Å². The average molecular weight is 238 g/mol. The van der Waals surface area contributed by atoms with E-state index in [2.05, 4.69) is 26.0 Å². The largest absolute Gasteiger partial charge is 0.490 e. The first-order valence-electron chi connectivity index (χ1n) is 5.78. The van der Waals surface area contributed by atoms with Crippen LogP contribution in [0.15, 0.2) is 23.1 Å². The quantitative estimate of drug-likeness (QED) is 0.750. The van der Waals surface area contributed by atoms with Crippen molar-refractivity contribution in [3.63, 3.8) is 0 Å². The molecule has 0 radical (unpaired) electrons. The number of hydrogen-bond acceptors (Lipinski definition) is 3.